The van der Waals surface area contributed by atoms with Gasteiger partial charge in [-0.25, -0.2) is 4.79 Å². The van der Waals surface area contributed by atoms with Crippen molar-refractivity contribution in [1.82, 2.24) is 47.0 Å². The van der Waals surface area contributed by atoms with Gasteiger partial charge in [0.1, 0.15) is 78.2 Å². The second-order valence-electron chi connectivity index (χ2n) is 22.3. The Kier molecular flexibility index (Phi) is 25.5. The van der Waals surface area contributed by atoms with Gasteiger partial charge in [0.15, 0.2) is 6.10 Å². The fraction of sp³-hybridized carbons (Fsp3) is 0.607. The number of ether oxygens (including phenoxy) is 1. The molecule has 27 heteroatoms. The third-order valence-electron chi connectivity index (χ3n) is 14.4. The number of carbonyl (C=O) groups excluding carboxylic acids is 10. The number of phenolic OH excluding ortho intramolecular Hbond substituents is 2. The number of halogens is 1. The minimum atomic E-state index is -1.86. The van der Waals surface area contributed by atoms with Crippen LogP contribution in [0.5, 0.6) is 11.5 Å². The van der Waals surface area contributed by atoms with Crippen LogP contribution in [-0.4, -0.2) is 192 Å². The Labute approximate surface area is 487 Å². The third-order valence-corrected chi connectivity index (χ3v) is 14.7. The summed E-state index contributed by atoms with van der Waals surface area (Å²) < 4.78 is 5.89. The van der Waals surface area contributed by atoms with Crippen LogP contribution in [0.3, 0.4) is 0 Å². The number of nitrogens with zero attached hydrogens (tertiary/aromatic N) is 2. The number of hydrogen-bond acceptors (Lipinski definition) is 17. The first-order chi connectivity index (χ1) is 38.9. The van der Waals surface area contributed by atoms with E-state index in [4.69, 9.17) is 16.3 Å². The highest BCUT2D eigenvalue weighted by molar-refractivity contribution is 6.32. The van der Waals surface area contributed by atoms with Crippen molar-refractivity contribution in [1.29, 1.82) is 0 Å². The summed E-state index contributed by atoms with van der Waals surface area (Å²) in [5, 5.41) is 79.4. The van der Waals surface area contributed by atoms with E-state index in [0.29, 0.717) is 18.4 Å². The molecule has 460 valence electrons. The van der Waals surface area contributed by atoms with Crippen molar-refractivity contribution >= 4 is 70.7 Å². The van der Waals surface area contributed by atoms with E-state index in [1.807, 2.05) is 0 Å². The van der Waals surface area contributed by atoms with Gasteiger partial charge in [0.2, 0.25) is 47.3 Å². The van der Waals surface area contributed by atoms with Crippen molar-refractivity contribution in [3.05, 3.63) is 58.6 Å². The van der Waals surface area contributed by atoms with Gasteiger partial charge in [-0.05, 0) is 112 Å². The Bertz CT molecular complexity index is 2640. The molecule has 4 rings (SSSR count). The maximum atomic E-state index is 14.7. The predicted molar refractivity (Wildman–Crippen MR) is 299 cm³/mol. The van der Waals surface area contributed by atoms with E-state index in [1.165, 1.54) is 58.2 Å². The van der Waals surface area contributed by atoms with Gasteiger partial charge < -0.3 is 82.4 Å². The van der Waals surface area contributed by atoms with Crippen LogP contribution in [0.2, 0.25) is 5.02 Å². The average Bonchev–Trinajstić information content (AvgIpc) is 3.51. The molecule has 0 unspecified atom stereocenters. The van der Waals surface area contributed by atoms with E-state index < -0.39 is 156 Å². The lowest BCUT2D eigenvalue weighted by molar-refractivity contribution is -0.170. The normalized spacial score (nSPS) is 24.2. The lowest BCUT2D eigenvalue weighted by Gasteiger charge is -2.43. The molecule has 0 spiro atoms. The Morgan fingerprint density at radius 2 is 1.41 bits per heavy atom. The van der Waals surface area contributed by atoms with Crippen molar-refractivity contribution < 1.29 is 83.3 Å². The molecule has 2 fully saturated rings. The number of fused-ring (bicyclic) bond motifs is 2. The zero-order valence-corrected chi connectivity index (χ0v) is 49.1. The first kappa shape index (κ1) is 68.4. The van der Waals surface area contributed by atoms with Gasteiger partial charge >= 0.3 is 5.97 Å². The van der Waals surface area contributed by atoms with Crippen molar-refractivity contribution in [3.8, 4) is 11.5 Å². The number of piperidine rings is 1. The monoisotopic (exact) mass is 1190 g/mol. The fourth-order valence-electron chi connectivity index (χ4n) is 9.52. The summed E-state index contributed by atoms with van der Waals surface area (Å²) in [5.41, 5.74) is 1.11. The second kappa shape index (κ2) is 31.0. The topological polar surface area (TPSA) is 392 Å². The van der Waals surface area contributed by atoms with Crippen molar-refractivity contribution in [2.24, 2.45) is 17.8 Å². The van der Waals surface area contributed by atoms with E-state index in [0.717, 1.165) is 15.4 Å². The number of likely N-dealkylation sites (N-methyl/N-ethyl adjacent to an activating group) is 1. The molecule has 2 bridgehead atoms. The number of amides is 9. The molecule has 2 aliphatic heterocycles. The zero-order chi connectivity index (χ0) is 62.3. The molecule has 83 heavy (non-hydrogen) atoms. The van der Waals surface area contributed by atoms with Crippen molar-refractivity contribution in [3.63, 3.8) is 0 Å². The number of esters is 1. The number of benzene rings is 2. The van der Waals surface area contributed by atoms with Gasteiger partial charge in [-0.2, -0.15) is 0 Å². The summed E-state index contributed by atoms with van der Waals surface area (Å²) in [6.07, 6.45) is -6.87. The summed E-state index contributed by atoms with van der Waals surface area (Å²) in [6, 6.07) is -3.56. The average molecular weight is 1190 g/mol. The molecule has 0 aliphatic carbocycles. The van der Waals surface area contributed by atoms with Gasteiger partial charge in [0, 0.05) is 13.5 Å². The first-order valence-corrected chi connectivity index (χ1v) is 28.1. The summed E-state index contributed by atoms with van der Waals surface area (Å²) in [5.74, 6) is -12.0. The largest absolute Gasteiger partial charge is 0.508 e. The molecular weight excluding hydrogens is 1110 g/mol. The van der Waals surface area contributed by atoms with E-state index in [1.54, 1.807) is 53.7 Å². The van der Waals surface area contributed by atoms with E-state index >= 15 is 0 Å². The van der Waals surface area contributed by atoms with Gasteiger partial charge in [-0.15, -0.1) is 0 Å². The predicted octanol–water partition coefficient (Wildman–Crippen LogP) is -1.10. The number of aryl methyl sites for hydroxylation is 1. The van der Waals surface area contributed by atoms with Gasteiger partial charge in [0.25, 0.3) is 5.91 Å². The van der Waals surface area contributed by atoms with Crippen LogP contribution in [0, 0.1) is 17.8 Å². The van der Waals surface area contributed by atoms with Crippen LogP contribution < -0.4 is 37.2 Å². The van der Waals surface area contributed by atoms with Crippen LogP contribution in [-0.2, 0) is 65.5 Å². The number of hydrogen-bond donors (Lipinski definition) is 13. The maximum Gasteiger partial charge on any atom is 0.329 e. The number of cyclic esters (lactones) is 1. The molecule has 2 aromatic rings. The second-order valence-corrected chi connectivity index (χ2v) is 22.7. The van der Waals surface area contributed by atoms with Gasteiger partial charge in [-0.3, -0.25) is 43.2 Å². The van der Waals surface area contributed by atoms with Gasteiger partial charge in [0.05, 0.1) is 17.7 Å². The third kappa shape index (κ3) is 18.9. The fourth-order valence-corrected chi connectivity index (χ4v) is 9.72. The minimum absolute atomic E-state index is 0.000413. The smallest absolute Gasteiger partial charge is 0.329 e. The molecular formula is C56H82ClN9O17. The lowest BCUT2D eigenvalue weighted by atomic mass is 9.96. The molecule has 0 radical (unpaired) electrons. The van der Waals surface area contributed by atoms with Crippen molar-refractivity contribution in [2.45, 2.75) is 186 Å². The highest BCUT2D eigenvalue weighted by atomic mass is 35.5. The molecule has 0 aromatic heterocycles. The van der Waals surface area contributed by atoms with E-state index in [9.17, 15) is 78.6 Å². The maximum absolute atomic E-state index is 14.7. The first-order valence-electron chi connectivity index (χ1n) is 27.7. The van der Waals surface area contributed by atoms with Crippen molar-refractivity contribution in [2.75, 3.05) is 13.7 Å². The Balaban J connectivity index is 1.72. The number of aliphatic hydroxyl groups excluding tert-OH is 4. The van der Waals surface area contributed by atoms with Crippen LogP contribution in [0.1, 0.15) is 106 Å². The van der Waals surface area contributed by atoms with Crippen LogP contribution in [0.15, 0.2) is 42.5 Å². The number of aliphatic hydroxyl groups is 4. The van der Waals surface area contributed by atoms with Crippen LogP contribution in [0.4, 0.5) is 0 Å². The quantitative estimate of drug-likeness (QED) is 0.0700. The highest BCUT2D eigenvalue weighted by Gasteiger charge is 2.47. The van der Waals surface area contributed by atoms with Gasteiger partial charge in [-0.1, -0.05) is 71.3 Å². The minimum Gasteiger partial charge on any atom is -0.508 e. The molecule has 9 amide bonds. The van der Waals surface area contributed by atoms with Crippen LogP contribution >= 0.6 is 11.6 Å². The molecule has 2 aromatic carbocycles. The van der Waals surface area contributed by atoms with E-state index in [2.05, 4.69) is 37.2 Å². The molecule has 2 saturated heterocycles. The Morgan fingerprint density at radius 3 is 1.99 bits per heavy atom. The standard InChI is InChI=1S/C56H82ClN9O17/c1-26(2)22-38-49(75)60-37-19-21-42(72)66(54(37)80)46(30(8)68)55(81)65(10)39(24-33-16-20-40(70)35(57)23-33)50(76)63-44(28(5)6)56(82)83-31(9)45(53(79)61-38)64-52(78)43(27(3)4)62-47(73)29(7)58-48(74)36(59-51(77)41(71)25-67)13-11-12-32-14-17-34(69)18-15-32/h14-18,20,23,26-31,36-39,41-46,67-72H,11-13,19,21-22,24-25H2,1-10H3,(H,58,74)(H,59,77)(H,60,75)(H,61,79)(H,62,73)(H,63,76)(H,64,78)/t29-,30+,31-,36-,37-,38-,39-,41+,42+,43-,44-,45-,46+/m0/s1. The number of carbonyl (C=O) groups is 10. The summed E-state index contributed by atoms with van der Waals surface area (Å²) in [6.45, 7) is 12.5. The highest BCUT2D eigenvalue weighted by Crippen LogP contribution is 2.28. The molecule has 13 N–H and O–H groups in total. The number of rotatable bonds is 20. The van der Waals surface area contributed by atoms with E-state index in [-0.39, 0.29) is 54.5 Å². The molecule has 2 heterocycles. The SMILES string of the molecule is CC(C)C[C@@H]1NC(=O)[C@@H](NC(=O)[C@@H](NC(=O)[C@H](C)NC(=O)[C@H](CCCc2ccc(O)cc2)NC(=O)[C@H](O)CO)C(C)C)[C@H](C)OC(=O)[C@H](C(C)C)NC(=O)[C@H](Cc2ccc(O)c(Cl)c2)N(C)C(=O)[C@@H]([C@@H](C)O)N2C(=O)[C@H](CC[C@H]2O)NC1=O. The molecule has 0 saturated carbocycles. The Morgan fingerprint density at radius 1 is 0.771 bits per heavy atom. The zero-order valence-electron chi connectivity index (χ0n) is 48.4. The summed E-state index contributed by atoms with van der Waals surface area (Å²) in [4.78, 5) is 144. The Hall–Kier alpha value is -7.13. The number of aromatic hydroxyl groups is 2. The summed E-state index contributed by atoms with van der Waals surface area (Å²) in [7, 11) is 1.21. The van der Waals surface area contributed by atoms with Crippen LogP contribution in [0.25, 0.3) is 0 Å². The molecule has 2 aliphatic rings. The molecule has 13 atom stereocenters. The lowest BCUT2D eigenvalue weighted by Crippen LogP contribution is -2.67. The number of nitrogens with one attached hydrogen (secondary N) is 7. The summed E-state index contributed by atoms with van der Waals surface area (Å²) >= 11 is 6.23. The molecule has 26 nitrogen and oxygen atoms in total. The number of phenols is 2.